The second kappa shape index (κ2) is 8.50. The third kappa shape index (κ3) is 4.71. The second-order valence-electron chi connectivity index (χ2n) is 8.39. The Bertz CT molecular complexity index is 372. The van der Waals surface area contributed by atoms with Crippen molar-refractivity contribution in [3.8, 4) is 0 Å². The Balaban J connectivity index is 1.48. The van der Waals surface area contributed by atoms with Gasteiger partial charge in [0, 0.05) is 19.0 Å². The van der Waals surface area contributed by atoms with Gasteiger partial charge in [-0.3, -0.25) is 4.79 Å². The quantitative estimate of drug-likeness (QED) is 0.831. The molecule has 2 unspecified atom stereocenters. The fourth-order valence-corrected chi connectivity index (χ4v) is 5.19. The number of carbonyl (C=O) groups is 1. The van der Waals surface area contributed by atoms with Gasteiger partial charge in [0.1, 0.15) is 0 Å². The van der Waals surface area contributed by atoms with Gasteiger partial charge in [-0.2, -0.15) is 0 Å². The van der Waals surface area contributed by atoms with Gasteiger partial charge in [-0.25, -0.2) is 0 Å². The summed E-state index contributed by atoms with van der Waals surface area (Å²) < 4.78 is 0. The van der Waals surface area contributed by atoms with Crippen molar-refractivity contribution in [1.82, 2.24) is 10.2 Å². The van der Waals surface area contributed by atoms with Crippen LogP contribution >= 0.6 is 0 Å². The molecule has 0 radical (unpaired) electrons. The lowest BCUT2D eigenvalue weighted by atomic mass is 9.83. The third-order valence-corrected chi connectivity index (χ3v) is 6.71. The van der Waals surface area contributed by atoms with E-state index in [-0.39, 0.29) is 0 Å². The highest BCUT2D eigenvalue weighted by molar-refractivity contribution is 5.77. The predicted molar refractivity (Wildman–Crippen MR) is 95.3 cm³/mol. The number of hydrogen-bond donors (Lipinski definition) is 1. The van der Waals surface area contributed by atoms with Crippen LogP contribution in [0, 0.1) is 17.8 Å². The maximum atomic E-state index is 12.9. The zero-order valence-corrected chi connectivity index (χ0v) is 15.1. The largest absolute Gasteiger partial charge is 0.340 e. The summed E-state index contributed by atoms with van der Waals surface area (Å²) in [6.07, 6.45) is 14.1. The zero-order valence-electron chi connectivity index (χ0n) is 15.1. The van der Waals surface area contributed by atoms with Gasteiger partial charge in [-0.05, 0) is 62.9 Å². The van der Waals surface area contributed by atoms with E-state index in [9.17, 15) is 4.79 Å². The Hall–Kier alpha value is -0.570. The first-order valence-electron chi connectivity index (χ1n) is 10.2. The van der Waals surface area contributed by atoms with Crippen LogP contribution in [0.4, 0.5) is 0 Å². The molecule has 0 spiro atoms. The third-order valence-electron chi connectivity index (χ3n) is 6.71. The fraction of sp³-hybridized carbons (Fsp3) is 0.950. The van der Waals surface area contributed by atoms with Crippen molar-refractivity contribution in [3.63, 3.8) is 0 Å². The first-order chi connectivity index (χ1) is 11.2. The van der Waals surface area contributed by atoms with E-state index in [1.165, 1.54) is 64.2 Å². The second-order valence-corrected chi connectivity index (χ2v) is 8.39. The van der Waals surface area contributed by atoms with Gasteiger partial charge in [0.25, 0.3) is 0 Å². The summed E-state index contributed by atoms with van der Waals surface area (Å²) in [6, 6.07) is 0.561. The van der Waals surface area contributed by atoms with E-state index in [4.69, 9.17) is 0 Å². The van der Waals surface area contributed by atoms with Crippen LogP contribution in [0.25, 0.3) is 0 Å². The molecule has 132 valence electrons. The Morgan fingerprint density at radius 2 is 1.78 bits per heavy atom. The minimum Gasteiger partial charge on any atom is -0.340 e. The van der Waals surface area contributed by atoms with Gasteiger partial charge in [0.05, 0.1) is 0 Å². The van der Waals surface area contributed by atoms with E-state index in [0.717, 1.165) is 37.9 Å². The topological polar surface area (TPSA) is 32.3 Å². The summed E-state index contributed by atoms with van der Waals surface area (Å²) in [5.74, 6) is 2.65. The molecule has 2 aliphatic heterocycles. The number of hydrogen-bond acceptors (Lipinski definition) is 2. The molecule has 0 bridgehead atoms. The minimum atomic E-state index is 0.453. The number of piperidine rings is 1. The minimum absolute atomic E-state index is 0.453. The number of amides is 1. The van der Waals surface area contributed by atoms with Crippen molar-refractivity contribution in [3.05, 3.63) is 0 Å². The maximum absolute atomic E-state index is 12.9. The summed E-state index contributed by atoms with van der Waals surface area (Å²) in [4.78, 5) is 15.1. The highest BCUT2D eigenvalue weighted by Gasteiger charge is 2.32. The lowest BCUT2D eigenvalue weighted by Crippen LogP contribution is -2.39. The monoisotopic (exact) mass is 320 g/mol. The highest BCUT2D eigenvalue weighted by atomic mass is 16.2. The molecular weight excluding hydrogens is 284 g/mol. The molecule has 23 heavy (non-hydrogen) atoms. The molecule has 2 saturated heterocycles. The number of likely N-dealkylation sites (tertiary alicyclic amines) is 1. The van der Waals surface area contributed by atoms with Crippen molar-refractivity contribution in [2.24, 2.45) is 17.8 Å². The molecule has 2 atom stereocenters. The highest BCUT2D eigenvalue weighted by Crippen LogP contribution is 2.33. The van der Waals surface area contributed by atoms with Gasteiger partial charge in [0.15, 0.2) is 0 Å². The Morgan fingerprint density at radius 3 is 2.52 bits per heavy atom. The average molecular weight is 321 g/mol. The van der Waals surface area contributed by atoms with Gasteiger partial charge < -0.3 is 10.2 Å². The number of nitrogens with zero attached hydrogens (tertiary/aromatic N) is 1. The molecule has 3 rings (SSSR count). The normalized spacial score (nSPS) is 28.9. The summed E-state index contributed by atoms with van der Waals surface area (Å²) in [5, 5.41) is 3.44. The molecule has 0 aromatic rings. The molecule has 1 amide bonds. The standard InChI is InChI=1S/C20H36N2O/c1-16(18-9-11-21-12-10-18)14-20(23)22-13-5-8-19(22)15-17-6-3-2-4-7-17/h16-19,21H,2-15H2,1H3. The predicted octanol–water partition coefficient (Wildman–Crippen LogP) is 3.97. The molecule has 0 aromatic carbocycles. The zero-order chi connectivity index (χ0) is 16.1. The van der Waals surface area contributed by atoms with Crippen molar-refractivity contribution in [1.29, 1.82) is 0 Å². The van der Waals surface area contributed by atoms with Crippen molar-refractivity contribution in [2.75, 3.05) is 19.6 Å². The molecule has 3 fully saturated rings. The Kier molecular flexibility index (Phi) is 6.38. The molecule has 1 aliphatic carbocycles. The van der Waals surface area contributed by atoms with E-state index < -0.39 is 0 Å². The maximum Gasteiger partial charge on any atom is 0.223 e. The number of rotatable bonds is 5. The van der Waals surface area contributed by atoms with Gasteiger partial charge >= 0.3 is 0 Å². The van der Waals surface area contributed by atoms with Crippen molar-refractivity contribution >= 4 is 5.91 Å². The van der Waals surface area contributed by atoms with E-state index in [1.54, 1.807) is 0 Å². The van der Waals surface area contributed by atoms with Gasteiger partial charge in [-0.15, -0.1) is 0 Å². The molecule has 0 aromatic heterocycles. The van der Waals surface area contributed by atoms with Crippen LogP contribution in [-0.4, -0.2) is 36.5 Å². The molecule has 1 saturated carbocycles. The average Bonchev–Trinajstić information content (AvgIpc) is 3.05. The summed E-state index contributed by atoms with van der Waals surface area (Å²) in [6.45, 7) is 5.60. The first-order valence-corrected chi connectivity index (χ1v) is 10.2. The molecule has 2 heterocycles. The summed E-state index contributed by atoms with van der Waals surface area (Å²) in [7, 11) is 0. The SMILES string of the molecule is CC(CC(=O)N1CCCC1CC1CCCCC1)C1CCNCC1. The van der Waals surface area contributed by atoms with Crippen molar-refractivity contribution in [2.45, 2.75) is 83.6 Å². The number of nitrogens with one attached hydrogen (secondary N) is 1. The first kappa shape index (κ1) is 17.3. The molecule has 3 aliphatic rings. The Labute approximate surface area is 142 Å². The van der Waals surface area contributed by atoms with E-state index in [2.05, 4.69) is 17.1 Å². The van der Waals surface area contributed by atoms with Gasteiger partial charge in [-0.1, -0.05) is 39.0 Å². The van der Waals surface area contributed by atoms with Crippen LogP contribution in [-0.2, 0) is 4.79 Å². The smallest absolute Gasteiger partial charge is 0.223 e. The lowest BCUT2D eigenvalue weighted by molar-refractivity contribution is -0.133. The molecule has 3 heteroatoms. The fourth-order valence-electron chi connectivity index (χ4n) is 5.19. The Morgan fingerprint density at radius 1 is 1.04 bits per heavy atom. The van der Waals surface area contributed by atoms with Crippen LogP contribution in [0.1, 0.15) is 77.6 Å². The lowest BCUT2D eigenvalue weighted by Gasteiger charge is -2.32. The van der Waals surface area contributed by atoms with E-state index in [0.29, 0.717) is 17.9 Å². The number of carbonyl (C=O) groups excluding carboxylic acids is 1. The van der Waals surface area contributed by atoms with Crippen molar-refractivity contribution < 1.29 is 4.79 Å². The summed E-state index contributed by atoms with van der Waals surface area (Å²) in [5.41, 5.74) is 0. The van der Waals surface area contributed by atoms with Crippen LogP contribution in [0.2, 0.25) is 0 Å². The van der Waals surface area contributed by atoms with Crippen LogP contribution in [0.5, 0.6) is 0 Å². The summed E-state index contributed by atoms with van der Waals surface area (Å²) >= 11 is 0. The van der Waals surface area contributed by atoms with E-state index in [1.807, 2.05) is 0 Å². The molecular formula is C20H36N2O. The van der Waals surface area contributed by atoms with E-state index >= 15 is 0 Å². The van der Waals surface area contributed by atoms with Crippen LogP contribution in [0.3, 0.4) is 0 Å². The van der Waals surface area contributed by atoms with Crippen LogP contribution in [0.15, 0.2) is 0 Å². The molecule has 1 N–H and O–H groups in total. The van der Waals surface area contributed by atoms with Crippen LogP contribution < -0.4 is 5.32 Å². The van der Waals surface area contributed by atoms with Gasteiger partial charge in [0.2, 0.25) is 5.91 Å². The molecule has 3 nitrogen and oxygen atoms in total.